The van der Waals surface area contributed by atoms with E-state index in [1.807, 2.05) is 5.32 Å². The molecular weight excluding hydrogens is 329 g/mol. The summed E-state index contributed by atoms with van der Waals surface area (Å²) in [5.74, 6) is 0. The number of amides is 2. The van der Waals surface area contributed by atoms with E-state index < -0.39 is 41.8 Å². The molecule has 134 valence electrons. The fourth-order valence-electron chi connectivity index (χ4n) is 1.68. The summed E-state index contributed by atoms with van der Waals surface area (Å²) >= 11 is 0. The Hall–Kier alpha value is -2.45. The van der Waals surface area contributed by atoms with Crippen LogP contribution in [0, 0.1) is 0 Å². The maximum absolute atomic E-state index is 13.2. The lowest BCUT2D eigenvalue weighted by Crippen LogP contribution is -2.21. The van der Waals surface area contributed by atoms with Crippen molar-refractivity contribution in [2.24, 2.45) is 0 Å². The third-order valence-corrected chi connectivity index (χ3v) is 2.49. The predicted octanol–water partition coefficient (Wildman–Crippen LogP) is 4.62. The molecule has 0 saturated carbocycles. The third-order valence-electron chi connectivity index (χ3n) is 2.49. The summed E-state index contributed by atoms with van der Waals surface area (Å²) in [6.07, 6.45) is -7.52. The monoisotopic (exact) mass is 348 g/mol. The van der Waals surface area contributed by atoms with Crippen LogP contribution in [0.3, 0.4) is 0 Å². The van der Waals surface area contributed by atoms with Crippen LogP contribution in [0.2, 0.25) is 0 Å². The van der Waals surface area contributed by atoms with Gasteiger partial charge in [0, 0.05) is 5.69 Å². The number of benzene rings is 1. The van der Waals surface area contributed by atoms with E-state index in [0.717, 1.165) is 6.07 Å². The molecule has 0 aliphatic heterocycles. The van der Waals surface area contributed by atoms with Crippen LogP contribution in [0.5, 0.6) is 0 Å². The summed E-state index contributed by atoms with van der Waals surface area (Å²) in [5.41, 5.74) is -1.71. The van der Waals surface area contributed by atoms with E-state index in [1.54, 1.807) is 27.7 Å². The van der Waals surface area contributed by atoms with Gasteiger partial charge in [0.25, 0.3) is 0 Å². The number of hydrogen-bond donors (Lipinski definition) is 2. The van der Waals surface area contributed by atoms with Gasteiger partial charge in [-0.15, -0.1) is 0 Å². The molecule has 0 radical (unpaired) electrons. The highest BCUT2D eigenvalue weighted by Crippen LogP contribution is 2.36. The first-order chi connectivity index (χ1) is 11.0. The minimum Gasteiger partial charge on any atom is -0.447 e. The molecule has 0 unspecified atom stereocenters. The number of ether oxygens (including phenoxy) is 2. The fourth-order valence-corrected chi connectivity index (χ4v) is 1.68. The lowest BCUT2D eigenvalue weighted by Gasteiger charge is -2.17. The first-order valence-electron chi connectivity index (χ1n) is 7.15. The number of halogens is 3. The molecule has 0 spiro atoms. The molecule has 9 heteroatoms. The van der Waals surface area contributed by atoms with Gasteiger partial charge in [0.2, 0.25) is 0 Å². The molecule has 0 saturated heterocycles. The van der Waals surface area contributed by atoms with Crippen molar-refractivity contribution in [1.29, 1.82) is 0 Å². The van der Waals surface area contributed by atoms with Gasteiger partial charge < -0.3 is 9.47 Å². The topological polar surface area (TPSA) is 76.7 Å². The van der Waals surface area contributed by atoms with Gasteiger partial charge in [-0.1, -0.05) is 0 Å². The van der Waals surface area contributed by atoms with Crippen molar-refractivity contribution in [3.8, 4) is 0 Å². The Labute approximate surface area is 137 Å². The molecule has 0 atom stereocenters. The van der Waals surface area contributed by atoms with Crippen molar-refractivity contribution < 1.29 is 32.2 Å². The Balaban J connectivity index is 3.02. The number of rotatable bonds is 4. The summed E-state index contributed by atoms with van der Waals surface area (Å²) in [4.78, 5) is 23.0. The second kappa shape index (κ2) is 7.89. The zero-order valence-corrected chi connectivity index (χ0v) is 13.7. The molecule has 1 aromatic carbocycles. The lowest BCUT2D eigenvalue weighted by molar-refractivity contribution is -0.136. The van der Waals surface area contributed by atoms with Crippen molar-refractivity contribution in [3.63, 3.8) is 0 Å². The average Bonchev–Trinajstić information content (AvgIpc) is 2.37. The van der Waals surface area contributed by atoms with E-state index in [9.17, 15) is 22.8 Å². The third kappa shape index (κ3) is 6.35. The van der Waals surface area contributed by atoms with Crippen LogP contribution in [0.1, 0.15) is 33.3 Å². The van der Waals surface area contributed by atoms with Crippen molar-refractivity contribution in [1.82, 2.24) is 0 Å². The summed E-state index contributed by atoms with van der Waals surface area (Å²) < 4.78 is 49.0. The Bertz CT molecular complexity index is 601. The van der Waals surface area contributed by atoms with E-state index >= 15 is 0 Å². The van der Waals surface area contributed by atoms with Crippen LogP contribution in [-0.2, 0) is 15.7 Å². The summed E-state index contributed by atoms with van der Waals surface area (Å²) in [5, 5.41) is 4.23. The highest BCUT2D eigenvalue weighted by molar-refractivity contribution is 5.88. The van der Waals surface area contributed by atoms with Gasteiger partial charge in [0.15, 0.2) is 0 Å². The number of hydrogen-bond acceptors (Lipinski definition) is 4. The average molecular weight is 348 g/mol. The molecule has 1 aromatic rings. The van der Waals surface area contributed by atoms with Gasteiger partial charge in [-0.25, -0.2) is 9.59 Å². The van der Waals surface area contributed by atoms with Gasteiger partial charge in [-0.05, 0) is 45.9 Å². The number of nitrogens with one attached hydrogen (secondary N) is 2. The Kier molecular flexibility index (Phi) is 6.44. The second-order valence-corrected chi connectivity index (χ2v) is 5.42. The zero-order valence-electron chi connectivity index (χ0n) is 13.7. The highest BCUT2D eigenvalue weighted by atomic mass is 19.4. The molecule has 0 aliphatic carbocycles. The maximum Gasteiger partial charge on any atom is 0.418 e. The minimum atomic E-state index is -4.74. The van der Waals surface area contributed by atoms with E-state index in [0.29, 0.717) is 6.07 Å². The lowest BCUT2D eigenvalue weighted by atomic mass is 10.1. The fraction of sp³-hybridized carbons (Fsp3) is 0.467. The standard InChI is InChI=1S/C15H19F3N2O4/c1-8(2)23-13(21)19-10-5-6-12(11(7-10)15(16,17)18)20-14(22)24-9(3)4/h5-9H,1-4H3,(H,19,21)(H,20,22). The molecule has 0 fully saturated rings. The van der Waals surface area contributed by atoms with Crippen LogP contribution in [0.4, 0.5) is 34.1 Å². The molecule has 2 N–H and O–H groups in total. The maximum atomic E-state index is 13.2. The molecule has 0 bridgehead atoms. The molecule has 0 heterocycles. The quantitative estimate of drug-likeness (QED) is 0.832. The minimum absolute atomic E-state index is 0.115. The van der Waals surface area contributed by atoms with Gasteiger partial charge in [0.05, 0.1) is 23.5 Å². The van der Waals surface area contributed by atoms with Crippen molar-refractivity contribution >= 4 is 23.6 Å². The number of carbonyl (C=O) groups is 2. The number of alkyl halides is 3. The normalized spacial score (nSPS) is 11.4. The smallest absolute Gasteiger partial charge is 0.418 e. The first kappa shape index (κ1) is 19.6. The first-order valence-corrected chi connectivity index (χ1v) is 7.15. The van der Waals surface area contributed by atoms with Crippen molar-refractivity contribution in [3.05, 3.63) is 23.8 Å². The van der Waals surface area contributed by atoms with Gasteiger partial charge in [-0.2, -0.15) is 13.2 Å². The summed E-state index contributed by atoms with van der Waals surface area (Å²) in [7, 11) is 0. The van der Waals surface area contributed by atoms with Gasteiger partial charge in [-0.3, -0.25) is 10.6 Å². The predicted molar refractivity (Wildman–Crippen MR) is 81.9 cm³/mol. The molecule has 1 rings (SSSR count). The van der Waals surface area contributed by atoms with Gasteiger partial charge in [0.1, 0.15) is 0 Å². The summed E-state index contributed by atoms with van der Waals surface area (Å²) in [6, 6.07) is 2.93. The molecule has 0 aliphatic rings. The summed E-state index contributed by atoms with van der Waals surface area (Å²) in [6.45, 7) is 6.34. The van der Waals surface area contributed by atoms with E-state index in [2.05, 4.69) is 5.32 Å². The Morgan fingerprint density at radius 3 is 1.92 bits per heavy atom. The second-order valence-electron chi connectivity index (χ2n) is 5.42. The van der Waals surface area contributed by atoms with Crippen LogP contribution < -0.4 is 10.6 Å². The van der Waals surface area contributed by atoms with Crippen LogP contribution in [0.25, 0.3) is 0 Å². The van der Waals surface area contributed by atoms with Crippen molar-refractivity contribution in [2.45, 2.75) is 46.1 Å². The zero-order chi connectivity index (χ0) is 18.5. The van der Waals surface area contributed by atoms with E-state index in [-0.39, 0.29) is 5.69 Å². The molecule has 2 amide bonds. The molecular formula is C15H19F3N2O4. The SMILES string of the molecule is CC(C)OC(=O)Nc1ccc(NC(=O)OC(C)C)c(C(F)(F)F)c1. The van der Waals surface area contributed by atoms with Gasteiger partial charge >= 0.3 is 18.4 Å². The largest absolute Gasteiger partial charge is 0.447 e. The van der Waals surface area contributed by atoms with Crippen LogP contribution >= 0.6 is 0 Å². The Morgan fingerprint density at radius 2 is 1.46 bits per heavy atom. The molecule has 6 nitrogen and oxygen atoms in total. The van der Waals surface area contributed by atoms with Crippen molar-refractivity contribution in [2.75, 3.05) is 10.6 Å². The molecule has 24 heavy (non-hydrogen) atoms. The number of anilines is 2. The Morgan fingerprint density at radius 1 is 0.958 bits per heavy atom. The number of carbonyl (C=O) groups excluding carboxylic acids is 2. The molecule has 0 aromatic heterocycles. The van der Waals surface area contributed by atoms with E-state index in [4.69, 9.17) is 9.47 Å². The van der Waals surface area contributed by atoms with Crippen LogP contribution in [-0.4, -0.2) is 24.4 Å². The van der Waals surface area contributed by atoms with E-state index in [1.165, 1.54) is 6.07 Å². The highest BCUT2D eigenvalue weighted by Gasteiger charge is 2.34. The van der Waals surface area contributed by atoms with Crippen LogP contribution in [0.15, 0.2) is 18.2 Å².